The molecular weight excluding hydrogens is 374 g/mol. The lowest BCUT2D eigenvalue weighted by Crippen LogP contribution is -2.35. The lowest BCUT2D eigenvalue weighted by Gasteiger charge is -2.28. The summed E-state index contributed by atoms with van der Waals surface area (Å²) >= 11 is 0. The first kappa shape index (κ1) is 19.1. The Balaban J connectivity index is 1.65. The summed E-state index contributed by atoms with van der Waals surface area (Å²) in [4.78, 5) is 13.5. The van der Waals surface area contributed by atoms with Gasteiger partial charge in [-0.3, -0.25) is 0 Å². The van der Waals surface area contributed by atoms with Gasteiger partial charge in [0.25, 0.3) is 0 Å². The molecule has 4 rings (SSSR count). The predicted octanol–water partition coefficient (Wildman–Crippen LogP) is 1.92. The van der Waals surface area contributed by atoms with Crippen LogP contribution in [0.4, 0.5) is 11.8 Å². The molecule has 0 bridgehead atoms. The van der Waals surface area contributed by atoms with Gasteiger partial charge in [0.2, 0.25) is 16.0 Å². The van der Waals surface area contributed by atoms with Crippen molar-refractivity contribution in [2.75, 3.05) is 49.8 Å². The molecule has 150 valence electrons. The van der Waals surface area contributed by atoms with Crippen LogP contribution in [-0.2, 0) is 10.0 Å². The third-order valence-corrected chi connectivity index (χ3v) is 7.06. The quantitative estimate of drug-likeness (QED) is 0.780. The highest BCUT2D eigenvalue weighted by Gasteiger charge is 2.50. The molecule has 1 aromatic heterocycles. The van der Waals surface area contributed by atoms with Crippen LogP contribution in [0.5, 0.6) is 0 Å². The van der Waals surface area contributed by atoms with Gasteiger partial charge in [0.05, 0.1) is 12.3 Å². The highest BCUT2D eigenvalue weighted by molar-refractivity contribution is 7.88. The van der Waals surface area contributed by atoms with Gasteiger partial charge in [-0.25, -0.2) is 13.4 Å². The van der Waals surface area contributed by atoms with Gasteiger partial charge in [0.1, 0.15) is 5.82 Å². The second-order valence-electron chi connectivity index (χ2n) is 8.09. The van der Waals surface area contributed by atoms with E-state index < -0.39 is 10.0 Å². The zero-order valence-corrected chi connectivity index (χ0v) is 17.6. The zero-order valence-electron chi connectivity index (χ0n) is 16.8. The summed E-state index contributed by atoms with van der Waals surface area (Å²) in [6, 6.07) is 9.83. The van der Waals surface area contributed by atoms with Gasteiger partial charge >= 0.3 is 0 Å². The highest BCUT2D eigenvalue weighted by atomic mass is 32.2. The maximum absolute atomic E-state index is 12.4. The standard InChI is InChI=1S/C20H27N5O2S/c1-14-10-21-20(22-19(14)23(2)3)24-11-16-12-25(28(4,26)27)18(17(16)13-24)15-8-6-5-7-9-15/h5-10,16-18H,11-13H2,1-4H3/t16-,17-,18+/m1/s1. The monoisotopic (exact) mass is 401 g/mol. The fourth-order valence-corrected chi connectivity index (χ4v) is 5.76. The van der Waals surface area contributed by atoms with E-state index in [1.807, 2.05) is 62.4 Å². The van der Waals surface area contributed by atoms with Gasteiger partial charge in [-0.1, -0.05) is 30.3 Å². The number of fused-ring (bicyclic) bond motifs is 1. The number of hydrogen-bond donors (Lipinski definition) is 0. The van der Waals surface area contributed by atoms with Gasteiger partial charge < -0.3 is 9.80 Å². The van der Waals surface area contributed by atoms with E-state index in [0.29, 0.717) is 6.54 Å². The largest absolute Gasteiger partial charge is 0.362 e. The normalized spacial score (nSPS) is 25.1. The second kappa shape index (κ2) is 7.00. The van der Waals surface area contributed by atoms with Crippen molar-refractivity contribution >= 4 is 21.8 Å². The first-order chi connectivity index (χ1) is 13.3. The molecule has 28 heavy (non-hydrogen) atoms. The number of sulfonamides is 1. The van der Waals surface area contributed by atoms with Gasteiger partial charge in [0, 0.05) is 51.4 Å². The lowest BCUT2D eigenvalue weighted by molar-refractivity contribution is 0.351. The Kier molecular flexibility index (Phi) is 4.79. The van der Waals surface area contributed by atoms with Crippen LogP contribution in [0.3, 0.4) is 0 Å². The number of benzene rings is 1. The van der Waals surface area contributed by atoms with E-state index >= 15 is 0 Å². The highest BCUT2D eigenvalue weighted by Crippen LogP contribution is 2.46. The Morgan fingerprint density at radius 1 is 1.11 bits per heavy atom. The van der Waals surface area contributed by atoms with Gasteiger partial charge in [-0.2, -0.15) is 9.29 Å². The molecule has 2 aliphatic heterocycles. The van der Waals surface area contributed by atoms with Gasteiger partial charge in [-0.15, -0.1) is 0 Å². The lowest BCUT2D eigenvalue weighted by atomic mass is 9.90. The fourth-order valence-electron chi connectivity index (χ4n) is 4.60. The average Bonchev–Trinajstić information content (AvgIpc) is 3.20. The Hall–Kier alpha value is -2.19. The van der Waals surface area contributed by atoms with Crippen LogP contribution in [0.25, 0.3) is 0 Å². The van der Waals surface area contributed by atoms with Crippen LogP contribution in [0.2, 0.25) is 0 Å². The first-order valence-electron chi connectivity index (χ1n) is 9.53. The second-order valence-corrected chi connectivity index (χ2v) is 10.0. The summed E-state index contributed by atoms with van der Waals surface area (Å²) in [7, 11) is 0.688. The molecule has 0 amide bonds. The molecule has 0 radical (unpaired) electrons. The Labute approximate surface area is 167 Å². The van der Waals surface area contributed by atoms with E-state index in [1.165, 1.54) is 6.26 Å². The van der Waals surface area contributed by atoms with Gasteiger partial charge in [-0.05, 0) is 18.4 Å². The summed E-state index contributed by atoms with van der Waals surface area (Å²) in [6.45, 7) is 4.08. The molecule has 0 aliphatic carbocycles. The van der Waals surface area contributed by atoms with Crippen molar-refractivity contribution in [2.24, 2.45) is 11.8 Å². The van der Waals surface area contributed by atoms with Crippen molar-refractivity contribution in [3.8, 4) is 0 Å². The first-order valence-corrected chi connectivity index (χ1v) is 11.4. The molecule has 0 saturated carbocycles. The number of nitrogens with zero attached hydrogens (tertiary/aromatic N) is 5. The summed E-state index contributed by atoms with van der Waals surface area (Å²) in [6.07, 6.45) is 3.18. The minimum Gasteiger partial charge on any atom is -0.362 e. The van der Waals surface area contributed by atoms with Crippen molar-refractivity contribution in [3.05, 3.63) is 47.7 Å². The molecule has 2 aromatic rings. The van der Waals surface area contributed by atoms with Crippen molar-refractivity contribution in [1.82, 2.24) is 14.3 Å². The smallest absolute Gasteiger partial charge is 0.227 e. The molecule has 3 heterocycles. The molecule has 0 N–H and O–H groups in total. The summed E-state index contributed by atoms with van der Waals surface area (Å²) in [5, 5.41) is 0. The van der Waals surface area contributed by atoms with Crippen molar-refractivity contribution in [3.63, 3.8) is 0 Å². The number of aromatic nitrogens is 2. The molecule has 2 aliphatic rings. The van der Waals surface area contributed by atoms with E-state index in [1.54, 1.807) is 4.31 Å². The Morgan fingerprint density at radius 2 is 1.82 bits per heavy atom. The third kappa shape index (κ3) is 3.35. The van der Waals surface area contributed by atoms with E-state index in [9.17, 15) is 8.42 Å². The minimum atomic E-state index is -3.27. The Morgan fingerprint density at radius 3 is 2.46 bits per heavy atom. The van der Waals surface area contributed by atoms with Crippen LogP contribution in [-0.4, -0.2) is 62.7 Å². The molecule has 2 saturated heterocycles. The molecule has 1 aromatic carbocycles. The van der Waals surface area contributed by atoms with Crippen LogP contribution in [0.1, 0.15) is 17.2 Å². The summed E-state index contributed by atoms with van der Waals surface area (Å²) in [5.74, 6) is 2.14. The van der Waals surface area contributed by atoms with Crippen LogP contribution >= 0.6 is 0 Å². The molecule has 0 spiro atoms. The third-order valence-electron chi connectivity index (χ3n) is 5.83. The topological polar surface area (TPSA) is 69.6 Å². The van der Waals surface area contributed by atoms with Crippen LogP contribution < -0.4 is 9.80 Å². The SMILES string of the molecule is Cc1cnc(N2C[C@@H]3CN(S(C)(=O)=O)[C@@H](c4ccccc4)[C@@H]3C2)nc1N(C)C. The van der Waals surface area contributed by atoms with Gasteiger partial charge in [0.15, 0.2) is 0 Å². The Bertz CT molecular complexity index is 964. The molecule has 3 atom stereocenters. The number of aryl methyl sites for hydroxylation is 1. The zero-order chi connectivity index (χ0) is 20.1. The number of rotatable bonds is 4. The number of anilines is 2. The van der Waals surface area contributed by atoms with Crippen molar-refractivity contribution in [1.29, 1.82) is 0 Å². The molecule has 2 fully saturated rings. The van der Waals surface area contributed by atoms with Crippen molar-refractivity contribution in [2.45, 2.75) is 13.0 Å². The molecule has 8 heteroatoms. The van der Waals surface area contributed by atoms with Crippen LogP contribution in [0, 0.1) is 18.8 Å². The van der Waals surface area contributed by atoms with Crippen LogP contribution in [0.15, 0.2) is 36.5 Å². The maximum atomic E-state index is 12.4. The van der Waals surface area contributed by atoms with E-state index in [-0.39, 0.29) is 17.9 Å². The number of hydrogen-bond acceptors (Lipinski definition) is 6. The van der Waals surface area contributed by atoms with E-state index in [2.05, 4.69) is 9.88 Å². The fraction of sp³-hybridized carbons (Fsp3) is 0.500. The van der Waals surface area contributed by atoms with E-state index in [0.717, 1.165) is 36.0 Å². The molecular formula is C20H27N5O2S. The maximum Gasteiger partial charge on any atom is 0.227 e. The van der Waals surface area contributed by atoms with Crippen molar-refractivity contribution < 1.29 is 8.42 Å². The molecule has 7 nitrogen and oxygen atoms in total. The predicted molar refractivity (Wildman–Crippen MR) is 111 cm³/mol. The average molecular weight is 402 g/mol. The summed E-state index contributed by atoms with van der Waals surface area (Å²) in [5.41, 5.74) is 2.10. The van der Waals surface area contributed by atoms with E-state index in [4.69, 9.17) is 4.98 Å². The molecule has 0 unspecified atom stereocenters. The summed E-state index contributed by atoms with van der Waals surface area (Å²) < 4.78 is 26.6. The minimum absolute atomic E-state index is 0.134.